The van der Waals surface area contributed by atoms with Gasteiger partial charge in [0, 0.05) is 11.6 Å². The molecule has 0 bridgehead atoms. The molecule has 112 valence electrons. The van der Waals surface area contributed by atoms with Crippen molar-refractivity contribution in [1.82, 2.24) is 10.2 Å². The van der Waals surface area contributed by atoms with Crippen LogP contribution in [0, 0.1) is 0 Å². The zero-order valence-electron chi connectivity index (χ0n) is 13.3. The number of hydrogen-bond donors (Lipinski definition) is 2. The first-order valence-corrected chi connectivity index (χ1v) is 7.57. The van der Waals surface area contributed by atoms with E-state index in [1.165, 1.54) is 0 Å². The first kappa shape index (κ1) is 16.4. The first-order chi connectivity index (χ1) is 8.79. The SMILES string of the molecule is CCNC1(C(N)=O)CCCC(N(C)C(C)(C)CC)C1. The lowest BCUT2D eigenvalue weighted by Gasteiger charge is -2.47. The summed E-state index contributed by atoms with van der Waals surface area (Å²) >= 11 is 0. The van der Waals surface area contributed by atoms with Gasteiger partial charge in [-0.2, -0.15) is 0 Å². The molecular weight excluding hydrogens is 238 g/mol. The molecule has 4 heteroatoms. The van der Waals surface area contributed by atoms with E-state index in [1.54, 1.807) is 0 Å². The van der Waals surface area contributed by atoms with Crippen LogP contribution in [0.5, 0.6) is 0 Å². The molecule has 1 aliphatic carbocycles. The third-order valence-corrected chi connectivity index (χ3v) is 5.08. The second-order valence-corrected chi connectivity index (χ2v) is 6.50. The standard InChI is InChI=1S/C15H31N3O/c1-6-14(3,4)18(5)12-9-8-10-15(11-12,13(16)19)17-7-2/h12,17H,6-11H2,1-5H3,(H2,16,19). The molecule has 4 nitrogen and oxygen atoms in total. The van der Waals surface area contributed by atoms with Crippen LogP contribution in [0.2, 0.25) is 0 Å². The third kappa shape index (κ3) is 3.48. The quantitative estimate of drug-likeness (QED) is 0.774. The number of primary amides is 1. The van der Waals surface area contributed by atoms with Gasteiger partial charge >= 0.3 is 0 Å². The van der Waals surface area contributed by atoms with E-state index in [1.807, 2.05) is 6.92 Å². The summed E-state index contributed by atoms with van der Waals surface area (Å²) in [5.74, 6) is -0.193. The Morgan fingerprint density at radius 1 is 1.47 bits per heavy atom. The highest BCUT2D eigenvalue weighted by Crippen LogP contribution is 2.34. The molecule has 1 aliphatic rings. The number of amides is 1. The van der Waals surface area contributed by atoms with Gasteiger partial charge in [0.25, 0.3) is 0 Å². The molecule has 1 amide bonds. The van der Waals surface area contributed by atoms with Crippen molar-refractivity contribution in [1.29, 1.82) is 0 Å². The maximum atomic E-state index is 11.9. The fourth-order valence-corrected chi connectivity index (χ4v) is 3.13. The Morgan fingerprint density at radius 3 is 2.58 bits per heavy atom. The molecule has 19 heavy (non-hydrogen) atoms. The smallest absolute Gasteiger partial charge is 0.237 e. The Kier molecular flexibility index (Phi) is 5.39. The molecular formula is C15H31N3O. The van der Waals surface area contributed by atoms with Crippen molar-refractivity contribution >= 4 is 5.91 Å². The minimum Gasteiger partial charge on any atom is -0.368 e. The van der Waals surface area contributed by atoms with Crippen LogP contribution in [0.4, 0.5) is 0 Å². The zero-order chi connectivity index (χ0) is 14.7. The third-order valence-electron chi connectivity index (χ3n) is 5.08. The Balaban J connectivity index is 2.86. The van der Waals surface area contributed by atoms with Gasteiger partial charge in [0.1, 0.15) is 0 Å². The van der Waals surface area contributed by atoms with Gasteiger partial charge in [-0.05, 0) is 59.5 Å². The summed E-state index contributed by atoms with van der Waals surface area (Å²) in [5, 5.41) is 3.35. The molecule has 0 heterocycles. The van der Waals surface area contributed by atoms with E-state index in [4.69, 9.17) is 5.73 Å². The van der Waals surface area contributed by atoms with Crippen molar-refractivity contribution in [3.8, 4) is 0 Å². The van der Waals surface area contributed by atoms with Crippen LogP contribution in [-0.2, 0) is 4.79 Å². The molecule has 0 aromatic heterocycles. The van der Waals surface area contributed by atoms with Crippen molar-refractivity contribution in [3.05, 3.63) is 0 Å². The molecule has 2 atom stereocenters. The summed E-state index contributed by atoms with van der Waals surface area (Å²) in [7, 11) is 2.18. The second kappa shape index (κ2) is 6.23. The number of carbonyl (C=O) groups is 1. The fraction of sp³-hybridized carbons (Fsp3) is 0.933. The number of rotatable bonds is 6. The minimum atomic E-state index is -0.504. The first-order valence-electron chi connectivity index (χ1n) is 7.57. The number of nitrogens with zero attached hydrogens (tertiary/aromatic N) is 1. The van der Waals surface area contributed by atoms with Crippen LogP contribution >= 0.6 is 0 Å². The van der Waals surface area contributed by atoms with Gasteiger partial charge in [-0.25, -0.2) is 0 Å². The highest BCUT2D eigenvalue weighted by molar-refractivity contribution is 5.84. The van der Waals surface area contributed by atoms with E-state index in [-0.39, 0.29) is 11.4 Å². The Hall–Kier alpha value is -0.610. The predicted molar refractivity (Wildman–Crippen MR) is 80.0 cm³/mol. The highest BCUT2D eigenvalue weighted by atomic mass is 16.1. The van der Waals surface area contributed by atoms with Gasteiger partial charge in [0.2, 0.25) is 5.91 Å². The summed E-state index contributed by atoms with van der Waals surface area (Å²) in [5.41, 5.74) is 5.33. The van der Waals surface area contributed by atoms with Gasteiger partial charge in [0.05, 0.1) is 5.54 Å². The summed E-state index contributed by atoms with van der Waals surface area (Å²) in [6, 6.07) is 0.426. The van der Waals surface area contributed by atoms with Crippen molar-refractivity contribution in [2.24, 2.45) is 5.73 Å². The molecule has 0 aromatic rings. The van der Waals surface area contributed by atoms with Gasteiger partial charge in [0.15, 0.2) is 0 Å². The number of carbonyl (C=O) groups excluding carboxylic acids is 1. The average Bonchev–Trinajstić information content (AvgIpc) is 2.38. The largest absolute Gasteiger partial charge is 0.368 e. The van der Waals surface area contributed by atoms with Gasteiger partial charge < -0.3 is 11.1 Å². The molecule has 3 N–H and O–H groups in total. The van der Waals surface area contributed by atoms with Crippen LogP contribution in [0.15, 0.2) is 0 Å². The van der Waals surface area contributed by atoms with Gasteiger partial charge in [-0.15, -0.1) is 0 Å². The number of nitrogens with two attached hydrogens (primary N) is 1. The number of hydrogen-bond acceptors (Lipinski definition) is 3. The average molecular weight is 269 g/mol. The minimum absolute atomic E-state index is 0.164. The molecule has 0 radical (unpaired) electrons. The molecule has 0 aromatic carbocycles. The Labute approximate surface area is 118 Å². The van der Waals surface area contributed by atoms with E-state index in [9.17, 15) is 4.79 Å². The van der Waals surface area contributed by atoms with Crippen LogP contribution in [0.1, 0.15) is 59.8 Å². The van der Waals surface area contributed by atoms with Crippen molar-refractivity contribution in [2.45, 2.75) is 76.9 Å². The summed E-state index contributed by atoms with van der Waals surface area (Å²) in [6.07, 6.45) is 5.01. The molecule has 0 spiro atoms. The van der Waals surface area contributed by atoms with E-state index >= 15 is 0 Å². The molecule has 2 unspecified atom stereocenters. The maximum absolute atomic E-state index is 11.9. The predicted octanol–water partition coefficient (Wildman–Crippen LogP) is 1.88. The fourth-order valence-electron chi connectivity index (χ4n) is 3.13. The van der Waals surface area contributed by atoms with Crippen LogP contribution in [0.3, 0.4) is 0 Å². The second-order valence-electron chi connectivity index (χ2n) is 6.50. The Bertz CT molecular complexity index is 313. The van der Waals surface area contributed by atoms with Crippen molar-refractivity contribution in [2.75, 3.05) is 13.6 Å². The molecule has 1 saturated carbocycles. The molecule has 1 fully saturated rings. The number of likely N-dealkylation sites (N-methyl/N-ethyl adjacent to an activating group) is 1. The number of nitrogens with one attached hydrogen (secondary N) is 1. The highest BCUT2D eigenvalue weighted by Gasteiger charge is 2.43. The zero-order valence-corrected chi connectivity index (χ0v) is 13.3. The summed E-state index contributed by atoms with van der Waals surface area (Å²) < 4.78 is 0. The summed E-state index contributed by atoms with van der Waals surface area (Å²) in [4.78, 5) is 14.3. The van der Waals surface area contributed by atoms with E-state index < -0.39 is 5.54 Å². The Morgan fingerprint density at radius 2 is 2.11 bits per heavy atom. The van der Waals surface area contributed by atoms with Crippen molar-refractivity contribution < 1.29 is 4.79 Å². The van der Waals surface area contributed by atoms with Crippen LogP contribution < -0.4 is 11.1 Å². The van der Waals surface area contributed by atoms with Crippen LogP contribution in [0.25, 0.3) is 0 Å². The van der Waals surface area contributed by atoms with Gasteiger partial charge in [-0.1, -0.05) is 13.8 Å². The van der Waals surface area contributed by atoms with Crippen LogP contribution in [-0.4, -0.2) is 41.5 Å². The monoisotopic (exact) mass is 269 g/mol. The van der Waals surface area contributed by atoms with E-state index in [0.29, 0.717) is 6.04 Å². The normalized spacial score (nSPS) is 28.6. The van der Waals surface area contributed by atoms with Crippen molar-refractivity contribution in [3.63, 3.8) is 0 Å². The van der Waals surface area contributed by atoms with E-state index in [0.717, 1.165) is 38.6 Å². The summed E-state index contributed by atoms with van der Waals surface area (Å²) in [6.45, 7) is 9.57. The lowest BCUT2D eigenvalue weighted by molar-refractivity contribution is -0.127. The molecule has 1 rings (SSSR count). The van der Waals surface area contributed by atoms with E-state index in [2.05, 4.69) is 38.0 Å². The lowest BCUT2D eigenvalue weighted by Crippen LogP contribution is -2.62. The maximum Gasteiger partial charge on any atom is 0.237 e. The topological polar surface area (TPSA) is 58.4 Å². The molecule has 0 saturated heterocycles. The van der Waals surface area contributed by atoms with Gasteiger partial charge in [-0.3, -0.25) is 9.69 Å². The molecule has 0 aliphatic heterocycles. The lowest BCUT2D eigenvalue weighted by atomic mass is 9.76.